The molecule has 1 aromatic heterocycles. The fraction of sp³-hybridized carbons (Fsp3) is 0.636. The van der Waals surface area contributed by atoms with Crippen molar-refractivity contribution in [2.45, 2.75) is 31.3 Å². The summed E-state index contributed by atoms with van der Waals surface area (Å²) in [6.07, 6.45) is 0. The molecule has 0 bridgehead atoms. The zero-order valence-electron chi connectivity index (χ0n) is 11.2. The van der Waals surface area contributed by atoms with Crippen LogP contribution in [0.4, 0.5) is 0 Å². The number of nitrogens with one attached hydrogen (secondary N) is 2. The molecule has 1 rings (SSSR count). The lowest BCUT2D eigenvalue weighted by molar-refractivity contribution is 0.133. The Kier molecular flexibility index (Phi) is 6.48. The Morgan fingerprint density at radius 1 is 1.53 bits per heavy atom. The number of halogens is 1. The highest BCUT2D eigenvalue weighted by atomic mass is 79.9. The lowest BCUT2D eigenvalue weighted by Gasteiger charge is -2.13. The predicted octanol–water partition coefficient (Wildman–Crippen LogP) is 1.46. The van der Waals surface area contributed by atoms with Crippen molar-refractivity contribution in [1.29, 1.82) is 0 Å². The molecule has 0 radical (unpaired) electrons. The van der Waals surface area contributed by atoms with Crippen LogP contribution in [-0.4, -0.2) is 34.7 Å². The van der Waals surface area contributed by atoms with Gasteiger partial charge in [0.1, 0.15) is 10.7 Å². The van der Waals surface area contributed by atoms with E-state index in [1.54, 1.807) is 14.0 Å². The van der Waals surface area contributed by atoms with Crippen LogP contribution in [-0.2, 0) is 21.3 Å². The second-order valence-corrected chi connectivity index (χ2v) is 6.47. The molecule has 0 aliphatic rings. The van der Waals surface area contributed by atoms with Crippen LogP contribution in [0, 0.1) is 0 Å². The van der Waals surface area contributed by atoms with Crippen LogP contribution in [0.3, 0.4) is 0 Å². The summed E-state index contributed by atoms with van der Waals surface area (Å²) < 4.78 is 37.6. The highest BCUT2D eigenvalue weighted by Gasteiger charge is 2.24. The third-order valence-electron chi connectivity index (χ3n) is 2.28. The van der Waals surface area contributed by atoms with Gasteiger partial charge in [0, 0.05) is 18.7 Å². The van der Waals surface area contributed by atoms with Crippen molar-refractivity contribution in [2.24, 2.45) is 0 Å². The van der Waals surface area contributed by atoms with Gasteiger partial charge in [-0.1, -0.05) is 0 Å². The smallest absolute Gasteiger partial charge is 0.245 e. The highest BCUT2D eigenvalue weighted by Crippen LogP contribution is 2.26. The summed E-state index contributed by atoms with van der Waals surface area (Å²) in [7, 11) is -1.86. The molecule has 110 valence electrons. The summed E-state index contributed by atoms with van der Waals surface area (Å²) in [6, 6.07) is 1.19. The molecule has 1 aromatic rings. The molecule has 1 heterocycles. The average molecular weight is 355 g/mol. The van der Waals surface area contributed by atoms with Gasteiger partial charge in [-0.2, -0.15) is 0 Å². The number of hydrogen-bond donors (Lipinski definition) is 2. The van der Waals surface area contributed by atoms with E-state index in [1.807, 2.05) is 6.92 Å². The molecule has 1 atom stereocenters. The summed E-state index contributed by atoms with van der Waals surface area (Å²) in [5.41, 5.74) is 0. The first-order valence-electron chi connectivity index (χ1n) is 5.93. The molecule has 0 saturated heterocycles. The van der Waals surface area contributed by atoms with Gasteiger partial charge in [0.2, 0.25) is 10.0 Å². The molecule has 0 saturated carbocycles. The molecule has 19 heavy (non-hydrogen) atoms. The van der Waals surface area contributed by atoms with Gasteiger partial charge in [-0.25, -0.2) is 13.1 Å². The Labute approximate surface area is 122 Å². The van der Waals surface area contributed by atoms with E-state index in [0.717, 1.165) is 0 Å². The van der Waals surface area contributed by atoms with E-state index in [1.165, 1.54) is 6.07 Å². The zero-order chi connectivity index (χ0) is 14.5. The van der Waals surface area contributed by atoms with Crippen molar-refractivity contribution in [3.8, 4) is 0 Å². The van der Waals surface area contributed by atoms with E-state index in [0.29, 0.717) is 25.5 Å². The summed E-state index contributed by atoms with van der Waals surface area (Å²) in [4.78, 5) is 0.0982. The topological polar surface area (TPSA) is 80.6 Å². The Morgan fingerprint density at radius 3 is 2.79 bits per heavy atom. The molecule has 0 spiro atoms. The van der Waals surface area contributed by atoms with Crippen molar-refractivity contribution in [2.75, 3.05) is 20.3 Å². The van der Waals surface area contributed by atoms with Crippen LogP contribution in [0.1, 0.15) is 19.6 Å². The van der Waals surface area contributed by atoms with E-state index >= 15 is 0 Å². The first-order chi connectivity index (χ1) is 8.90. The van der Waals surface area contributed by atoms with E-state index in [-0.39, 0.29) is 15.6 Å². The monoisotopic (exact) mass is 354 g/mol. The minimum Gasteiger partial charge on any atom is -0.452 e. The van der Waals surface area contributed by atoms with Crippen LogP contribution in [0.5, 0.6) is 0 Å². The van der Waals surface area contributed by atoms with Crippen LogP contribution < -0.4 is 10.0 Å². The van der Waals surface area contributed by atoms with E-state index in [2.05, 4.69) is 26.0 Å². The normalized spacial score (nSPS) is 13.7. The number of sulfonamides is 1. The van der Waals surface area contributed by atoms with E-state index in [9.17, 15) is 8.42 Å². The Hall–Kier alpha value is -0.410. The SMILES string of the molecule is CCOCC(C)NS(=O)(=O)c1cc(CNC)oc1Br. The van der Waals surface area contributed by atoms with Gasteiger partial charge in [0.15, 0.2) is 4.67 Å². The molecule has 0 fully saturated rings. The molecule has 0 amide bonds. The highest BCUT2D eigenvalue weighted by molar-refractivity contribution is 9.10. The van der Waals surface area contributed by atoms with Gasteiger partial charge in [-0.05, 0) is 36.8 Å². The lowest BCUT2D eigenvalue weighted by atomic mass is 10.4. The van der Waals surface area contributed by atoms with Gasteiger partial charge in [-0.3, -0.25) is 0 Å². The van der Waals surface area contributed by atoms with Gasteiger partial charge >= 0.3 is 0 Å². The third kappa shape index (κ3) is 4.88. The van der Waals surface area contributed by atoms with Crippen LogP contribution >= 0.6 is 15.9 Å². The molecular weight excluding hydrogens is 336 g/mol. The molecule has 0 aliphatic heterocycles. The number of rotatable bonds is 8. The minimum absolute atomic E-state index is 0.0982. The second-order valence-electron chi connectivity index (χ2n) is 4.06. The quantitative estimate of drug-likeness (QED) is 0.738. The summed E-state index contributed by atoms with van der Waals surface area (Å²) in [5.74, 6) is 0.548. The maximum atomic E-state index is 12.2. The minimum atomic E-state index is -3.62. The number of hydrogen-bond acceptors (Lipinski definition) is 5. The molecule has 2 N–H and O–H groups in total. The Balaban J connectivity index is 2.82. The van der Waals surface area contributed by atoms with Crippen molar-refractivity contribution < 1.29 is 17.6 Å². The van der Waals surface area contributed by atoms with Crippen molar-refractivity contribution >= 4 is 26.0 Å². The molecule has 0 aromatic carbocycles. The first-order valence-corrected chi connectivity index (χ1v) is 8.21. The standard InChI is InChI=1S/C11H19BrN2O4S/c1-4-17-7-8(2)14-19(15,16)10-5-9(6-13-3)18-11(10)12/h5,8,13-14H,4,6-7H2,1-3H3. The maximum Gasteiger partial charge on any atom is 0.245 e. The Morgan fingerprint density at radius 2 is 2.21 bits per heavy atom. The first kappa shape index (κ1) is 16.6. The van der Waals surface area contributed by atoms with Crippen LogP contribution in [0.2, 0.25) is 0 Å². The molecule has 1 unspecified atom stereocenters. The summed E-state index contributed by atoms with van der Waals surface area (Å²) in [5, 5.41) is 2.89. The number of furan rings is 1. The molecule has 0 aliphatic carbocycles. The lowest BCUT2D eigenvalue weighted by Crippen LogP contribution is -2.35. The number of ether oxygens (including phenoxy) is 1. The van der Waals surface area contributed by atoms with Crippen LogP contribution in [0.15, 0.2) is 20.0 Å². The second kappa shape index (κ2) is 7.39. The van der Waals surface area contributed by atoms with Gasteiger partial charge in [0.25, 0.3) is 0 Å². The fourth-order valence-corrected chi connectivity index (χ4v) is 3.73. The van der Waals surface area contributed by atoms with Gasteiger partial charge in [0.05, 0.1) is 13.2 Å². The van der Waals surface area contributed by atoms with Gasteiger partial charge in [-0.15, -0.1) is 0 Å². The van der Waals surface area contributed by atoms with Crippen molar-refractivity contribution in [1.82, 2.24) is 10.0 Å². The van der Waals surface area contributed by atoms with Crippen molar-refractivity contribution in [3.05, 3.63) is 16.5 Å². The summed E-state index contributed by atoms with van der Waals surface area (Å²) >= 11 is 3.12. The van der Waals surface area contributed by atoms with Crippen LogP contribution in [0.25, 0.3) is 0 Å². The third-order valence-corrected chi connectivity index (χ3v) is 4.72. The van der Waals surface area contributed by atoms with Crippen molar-refractivity contribution in [3.63, 3.8) is 0 Å². The average Bonchev–Trinajstić information content (AvgIpc) is 2.68. The fourth-order valence-electron chi connectivity index (χ4n) is 1.50. The molecular formula is C11H19BrN2O4S. The predicted molar refractivity (Wildman–Crippen MR) is 75.4 cm³/mol. The molecule has 6 nitrogen and oxygen atoms in total. The van der Waals surface area contributed by atoms with E-state index in [4.69, 9.17) is 9.15 Å². The van der Waals surface area contributed by atoms with Gasteiger partial charge < -0.3 is 14.5 Å². The molecule has 8 heteroatoms. The zero-order valence-corrected chi connectivity index (χ0v) is 13.6. The Bertz CT molecular complexity index is 501. The van der Waals surface area contributed by atoms with E-state index < -0.39 is 10.0 Å². The summed E-state index contributed by atoms with van der Waals surface area (Å²) in [6.45, 7) is 4.94. The largest absolute Gasteiger partial charge is 0.452 e. The maximum absolute atomic E-state index is 12.2.